The molecule has 1 aliphatic carbocycles. The molecule has 1 aliphatic heterocycles. The summed E-state index contributed by atoms with van der Waals surface area (Å²) < 4.78 is 11.8. The Labute approximate surface area is 175 Å². The SMILES string of the molecule is COc1ccccc1CCNCCC1(c2ccccn2)CCOC2(CCCC2)C1. The van der Waals surface area contributed by atoms with E-state index in [1.54, 1.807) is 7.11 Å². The van der Waals surface area contributed by atoms with E-state index in [4.69, 9.17) is 14.5 Å². The molecule has 0 bridgehead atoms. The molecule has 1 saturated heterocycles. The van der Waals surface area contributed by atoms with E-state index in [-0.39, 0.29) is 11.0 Å². The molecule has 4 heteroatoms. The first-order valence-electron chi connectivity index (χ1n) is 11.1. The number of rotatable bonds is 8. The van der Waals surface area contributed by atoms with Crippen molar-refractivity contribution in [2.45, 2.75) is 62.4 Å². The van der Waals surface area contributed by atoms with Crippen molar-refractivity contribution >= 4 is 0 Å². The van der Waals surface area contributed by atoms with Crippen LogP contribution in [0.5, 0.6) is 5.75 Å². The second-order valence-corrected chi connectivity index (χ2v) is 8.72. The highest BCUT2D eigenvalue weighted by atomic mass is 16.5. The smallest absolute Gasteiger partial charge is 0.122 e. The monoisotopic (exact) mass is 394 g/mol. The van der Waals surface area contributed by atoms with Gasteiger partial charge in [-0.15, -0.1) is 0 Å². The average Bonchev–Trinajstić information content (AvgIpc) is 3.21. The predicted molar refractivity (Wildman–Crippen MR) is 116 cm³/mol. The van der Waals surface area contributed by atoms with Crippen LogP contribution in [0.15, 0.2) is 48.7 Å². The van der Waals surface area contributed by atoms with Crippen molar-refractivity contribution in [2.24, 2.45) is 0 Å². The summed E-state index contributed by atoms with van der Waals surface area (Å²) in [7, 11) is 1.74. The van der Waals surface area contributed by atoms with Gasteiger partial charge >= 0.3 is 0 Å². The van der Waals surface area contributed by atoms with Gasteiger partial charge in [0.1, 0.15) is 5.75 Å². The first kappa shape index (κ1) is 20.4. The van der Waals surface area contributed by atoms with Gasteiger partial charge in [0.15, 0.2) is 0 Å². The molecule has 1 N–H and O–H groups in total. The van der Waals surface area contributed by atoms with Gasteiger partial charge in [0.25, 0.3) is 0 Å². The third-order valence-corrected chi connectivity index (χ3v) is 6.92. The van der Waals surface area contributed by atoms with Gasteiger partial charge in [-0.1, -0.05) is 37.1 Å². The molecule has 2 aromatic rings. The highest BCUT2D eigenvalue weighted by molar-refractivity contribution is 5.33. The third kappa shape index (κ3) is 4.65. The van der Waals surface area contributed by atoms with Crippen molar-refractivity contribution in [1.82, 2.24) is 10.3 Å². The average molecular weight is 395 g/mol. The van der Waals surface area contributed by atoms with Crippen LogP contribution in [0.2, 0.25) is 0 Å². The van der Waals surface area contributed by atoms with Crippen molar-refractivity contribution in [3.8, 4) is 5.75 Å². The molecule has 1 unspecified atom stereocenters. The summed E-state index contributed by atoms with van der Waals surface area (Å²) in [5.74, 6) is 0.979. The first-order valence-corrected chi connectivity index (χ1v) is 11.1. The van der Waals surface area contributed by atoms with Crippen LogP contribution in [0, 0.1) is 0 Å². The minimum Gasteiger partial charge on any atom is -0.496 e. The van der Waals surface area contributed by atoms with Gasteiger partial charge in [0.2, 0.25) is 0 Å². The van der Waals surface area contributed by atoms with Crippen LogP contribution in [0.4, 0.5) is 0 Å². The molecule has 2 aliphatic rings. The molecule has 1 aromatic carbocycles. The van der Waals surface area contributed by atoms with E-state index < -0.39 is 0 Å². The maximum atomic E-state index is 6.35. The number of nitrogens with zero attached hydrogens (tertiary/aromatic N) is 1. The molecule has 2 fully saturated rings. The normalized spacial score (nSPS) is 23.3. The number of methoxy groups -OCH3 is 1. The summed E-state index contributed by atoms with van der Waals surface area (Å²) in [5, 5.41) is 3.68. The fourth-order valence-electron chi connectivity index (χ4n) is 5.38. The number of ether oxygens (including phenoxy) is 2. The topological polar surface area (TPSA) is 43.4 Å². The largest absolute Gasteiger partial charge is 0.496 e. The number of hydrogen-bond acceptors (Lipinski definition) is 4. The minimum absolute atomic E-state index is 0.0905. The molecule has 1 atom stereocenters. The summed E-state index contributed by atoms with van der Waals surface area (Å²) in [6, 6.07) is 14.7. The van der Waals surface area contributed by atoms with Gasteiger partial charge in [0, 0.05) is 23.9 Å². The molecular formula is C25H34N2O2. The summed E-state index contributed by atoms with van der Waals surface area (Å²) in [6.07, 6.45) is 11.2. The maximum Gasteiger partial charge on any atom is 0.122 e. The lowest BCUT2D eigenvalue weighted by atomic mass is 9.68. The summed E-state index contributed by atoms with van der Waals surface area (Å²) >= 11 is 0. The van der Waals surface area contributed by atoms with E-state index in [0.717, 1.165) is 51.1 Å². The van der Waals surface area contributed by atoms with E-state index in [1.807, 2.05) is 24.4 Å². The van der Waals surface area contributed by atoms with Crippen molar-refractivity contribution < 1.29 is 9.47 Å². The Kier molecular flexibility index (Phi) is 6.51. The Morgan fingerprint density at radius 2 is 1.86 bits per heavy atom. The predicted octanol–water partition coefficient (Wildman–Crippen LogP) is 4.67. The van der Waals surface area contributed by atoms with Gasteiger partial charge in [0.05, 0.1) is 12.7 Å². The van der Waals surface area contributed by atoms with Gasteiger partial charge < -0.3 is 14.8 Å². The van der Waals surface area contributed by atoms with Crippen LogP contribution in [0.25, 0.3) is 0 Å². The molecule has 2 heterocycles. The van der Waals surface area contributed by atoms with Crippen molar-refractivity contribution in [3.63, 3.8) is 0 Å². The fourth-order valence-corrected chi connectivity index (χ4v) is 5.38. The number of benzene rings is 1. The summed E-state index contributed by atoms with van der Waals surface area (Å²) in [6.45, 7) is 2.82. The number of nitrogens with one attached hydrogen (secondary N) is 1. The number of aromatic nitrogens is 1. The zero-order valence-electron chi connectivity index (χ0n) is 17.7. The van der Waals surface area contributed by atoms with Gasteiger partial charge in [-0.05, 0) is 75.4 Å². The lowest BCUT2D eigenvalue weighted by Crippen LogP contribution is -2.47. The molecule has 1 spiro atoms. The fraction of sp³-hybridized carbons (Fsp3) is 0.560. The Morgan fingerprint density at radius 1 is 1.03 bits per heavy atom. The lowest BCUT2D eigenvalue weighted by molar-refractivity contribution is -0.104. The molecule has 0 radical (unpaired) electrons. The first-order chi connectivity index (χ1) is 14.3. The standard InChI is InChI=1S/C25H34N2O2/c1-28-22-9-3-2-8-21(22)11-17-26-18-14-24(23-10-4-7-16-27-23)15-19-29-25(20-24)12-5-6-13-25/h2-4,7-10,16,26H,5-6,11-15,17-20H2,1H3. The zero-order valence-corrected chi connectivity index (χ0v) is 17.7. The summed E-state index contributed by atoms with van der Waals surface area (Å²) in [4.78, 5) is 4.80. The quantitative estimate of drug-likeness (QED) is 0.661. The summed E-state index contributed by atoms with van der Waals surface area (Å²) in [5.41, 5.74) is 2.73. The molecular weight excluding hydrogens is 360 g/mol. The lowest BCUT2D eigenvalue weighted by Gasteiger charge is -2.46. The second-order valence-electron chi connectivity index (χ2n) is 8.72. The van der Waals surface area contributed by atoms with Crippen LogP contribution in [0.1, 0.15) is 56.2 Å². The van der Waals surface area contributed by atoms with Crippen molar-refractivity contribution in [3.05, 3.63) is 59.9 Å². The van der Waals surface area contributed by atoms with Crippen LogP contribution in [0.3, 0.4) is 0 Å². The van der Waals surface area contributed by atoms with E-state index in [9.17, 15) is 0 Å². The van der Waals surface area contributed by atoms with E-state index in [2.05, 4.69) is 29.6 Å². The number of para-hydroxylation sites is 1. The second kappa shape index (κ2) is 9.27. The Bertz CT molecular complexity index is 773. The molecule has 0 amide bonds. The third-order valence-electron chi connectivity index (χ3n) is 6.92. The number of hydrogen-bond donors (Lipinski definition) is 1. The van der Waals surface area contributed by atoms with Crippen LogP contribution in [-0.4, -0.2) is 37.4 Å². The van der Waals surface area contributed by atoms with Crippen LogP contribution >= 0.6 is 0 Å². The highest BCUT2D eigenvalue weighted by Crippen LogP contribution is 2.49. The molecule has 4 nitrogen and oxygen atoms in total. The van der Waals surface area contributed by atoms with E-state index >= 15 is 0 Å². The Hall–Kier alpha value is -1.91. The molecule has 4 rings (SSSR count). The van der Waals surface area contributed by atoms with Gasteiger partial charge in [-0.25, -0.2) is 0 Å². The Balaban J connectivity index is 1.39. The Morgan fingerprint density at radius 3 is 2.66 bits per heavy atom. The number of pyridine rings is 1. The zero-order chi connectivity index (χ0) is 20.0. The molecule has 1 saturated carbocycles. The van der Waals surface area contributed by atoms with E-state index in [1.165, 1.54) is 36.9 Å². The van der Waals surface area contributed by atoms with E-state index in [0.29, 0.717) is 0 Å². The van der Waals surface area contributed by atoms with Crippen LogP contribution in [-0.2, 0) is 16.6 Å². The molecule has 29 heavy (non-hydrogen) atoms. The van der Waals surface area contributed by atoms with Gasteiger partial charge in [-0.3, -0.25) is 4.98 Å². The van der Waals surface area contributed by atoms with Crippen molar-refractivity contribution in [1.29, 1.82) is 0 Å². The highest BCUT2D eigenvalue weighted by Gasteiger charge is 2.48. The minimum atomic E-state index is 0.0905. The molecule has 1 aromatic heterocycles. The molecule has 156 valence electrons. The maximum absolute atomic E-state index is 6.35. The van der Waals surface area contributed by atoms with Crippen molar-refractivity contribution in [2.75, 3.05) is 26.8 Å². The van der Waals surface area contributed by atoms with Gasteiger partial charge in [-0.2, -0.15) is 0 Å². The van der Waals surface area contributed by atoms with Crippen LogP contribution < -0.4 is 10.1 Å².